The van der Waals surface area contributed by atoms with E-state index in [-0.39, 0.29) is 0 Å². The van der Waals surface area contributed by atoms with Crippen LogP contribution in [0, 0.1) is 5.82 Å². The van der Waals surface area contributed by atoms with Crippen molar-refractivity contribution in [2.24, 2.45) is 0 Å². The smallest absolute Gasteiger partial charge is 0.219 e. The van der Waals surface area contributed by atoms with Gasteiger partial charge in [0, 0.05) is 24.8 Å². The summed E-state index contributed by atoms with van der Waals surface area (Å²) in [5.41, 5.74) is 8.39. The van der Waals surface area contributed by atoms with E-state index in [1.807, 2.05) is 36.4 Å². The van der Waals surface area contributed by atoms with E-state index in [1.165, 1.54) is 12.1 Å². The summed E-state index contributed by atoms with van der Waals surface area (Å²) >= 11 is 0. The highest BCUT2D eigenvalue weighted by atomic mass is 19.1. The predicted molar refractivity (Wildman–Crippen MR) is 97.7 cm³/mol. The highest BCUT2D eigenvalue weighted by Gasteiger charge is 2.11. The summed E-state index contributed by atoms with van der Waals surface area (Å²) in [5.74, 6) is 1.52. The second kappa shape index (κ2) is 7.25. The zero-order chi connectivity index (χ0) is 18.6. The lowest BCUT2D eigenvalue weighted by molar-refractivity contribution is 0.425. The summed E-state index contributed by atoms with van der Waals surface area (Å²) in [6.45, 7) is 0. The third-order valence-corrected chi connectivity index (χ3v) is 3.89. The third kappa shape index (κ3) is 3.92. The molecule has 0 saturated carbocycles. The minimum atomic E-state index is -0.405. The van der Waals surface area contributed by atoms with Crippen LogP contribution in [-0.4, -0.2) is 15.1 Å². The van der Waals surface area contributed by atoms with Crippen molar-refractivity contribution < 1.29 is 13.7 Å². The Morgan fingerprint density at radius 3 is 2.63 bits per heavy atom. The van der Waals surface area contributed by atoms with Gasteiger partial charge >= 0.3 is 0 Å². The summed E-state index contributed by atoms with van der Waals surface area (Å²) in [7, 11) is 0. The van der Waals surface area contributed by atoms with Gasteiger partial charge in [-0.05, 0) is 35.9 Å². The van der Waals surface area contributed by atoms with E-state index in [9.17, 15) is 4.39 Å². The van der Waals surface area contributed by atoms with Gasteiger partial charge in [-0.25, -0.2) is 14.4 Å². The Morgan fingerprint density at radius 1 is 1.04 bits per heavy atom. The van der Waals surface area contributed by atoms with E-state index in [4.69, 9.17) is 15.0 Å². The molecule has 7 heteroatoms. The Morgan fingerprint density at radius 2 is 1.89 bits per heavy atom. The van der Waals surface area contributed by atoms with E-state index < -0.39 is 5.82 Å². The second-order valence-corrected chi connectivity index (χ2v) is 5.86. The Kier molecular flexibility index (Phi) is 4.49. The molecule has 0 radical (unpaired) electrons. The van der Waals surface area contributed by atoms with Gasteiger partial charge in [-0.1, -0.05) is 17.3 Å². The van der Waals surface area contributed by atoms with Crippen molar-refractivity contribution in [3.63, 3.8) is 0 Å². The number of ether oxygens (including phenoxy) is 1. The first-order chi connectivity index (χ1) is 13.2. The Bertz CT molecular complexity index is 1050. The first kappa shape index (κ1) is 16.7. The molecule has 0 atom stereocenters. The molecule has 6 nitrogen and oxygen atoms in total. The molecule has 0 aliphatic heterocycles. The molecule has 4 aromatic rings. The lowest BCUT2D eigenvalue weighted by Gasteiger charge is -2.05. The lowest BCUT2D eigenvalue weighted by Crippen LogP contribution is -1.92. The van der Waals surface area contributed by atoms with Crippen LogP contribution in [0.15, 0.2) is 71.5 Å². The number of nitrogens with two attached hydrogens (primary N) is 1. The van der Waals surface area contributed by atoms with Crippen LogP contribution in [0.2, 0.25) is 0 Å². The number of hydrogen-bond acceptors (Lipinski definition) is 6. The normalized spacial score (nSPS) is 10.7. The Hall–Kier alpha value is -3.74. The van der Waals surface area contributed by atoms with Crippen LogP contribution in [0.4, 0.5) is 10.2 Å². The van der Waals surface area contributed by atoms with E-state index in [1.54, 1.807) is 12.3 Å². The Balaban J connectivity index is 1.44. The second-order valence-electron chi connectivity index (χ2n) is 5.86. The van der Waals surface area contributed by atoms with Crippen molar-refractivity contribution in [1.82, 2.24) is 15.1 Å². The van der Waals surface area contributed by atoms with Crippen molar-refractivity contribution in [3.05, 3.63) is 84.1 Å². The number of aromatic nitrogens is 3. The number of rotatable bonds is 5. The molecular formula is C20H15FN4O2. The van der Waals surface area contributed by atoms with Gasteiger partial charge in [0.15, 0.2) is 5.76 Å². The molecule has 3 aromatic heterocycles. The van der Waals surface area contributed by atoms with Gasteiger partial charge in [-0.3, -0.25) is 0 Å². The van der Waals surface area contributed by atoms with Crippen molar-refractivity contribution in [2.75, 3.05) is 5.73 Å². The number of halogens is 1. The molecule has 0 saturated heterocycles. The maximum atomic E-state index is 12.9. The molecule has 134 valence electrons. The van der Waals surface area contributed by atoms with Crippen LogP contribution in [0.3, 0.4) is 0 Å². The van der Waals surface area contributed by atoms with Gasteiger partial charge in [-0.15, -0.1) is 0 Å². The van der Waals surface area contributed by atoms with Crippen molar-refractivity contribution in [2.45, 2.75) is 6.42 Å². The predicted octanol–water partition coefficient (Wildman–Crippen LogP) is 4.24. The minimum Gasteiger partial charge on any atom is -0.439 e. The minimum absolute atomic E-state index is 0.333. The maximum absolute atomic E-state index is 12.9. The average Bonchev–Trinajstić information content (AvgIpc) is 3.14. The molecule has 0 unspecified atom stereocenters. The third-order valence-electron chi connectivity index (χ3n) is 3.89. The molecule has 0 aliphatic rings. The fraction of sp³-hybridized carbons (Fsp3) is 0.0500. The van der Waals surface area contributed by atoms with Crippen LogP contribution >= 0.6 is 0 Å². The Labute approximate surface area is 154 Å². The number of hydrogen-bond donors (Lipinski definition) is 1. The van der Waals surface area contributed by atoms with Crippen molar-refractivity contribution >= 4 is 5.82 Å². The number of anilines is 1. The van der Waals surface area contributed by atoms with E-state index in [2.05, 4.69) is 15.1 Å². The summed E-state index contributed by atoms with van der Waals surface area (Å²) in [5, 5.41) is 4.09. The topological polar surface area (TPSA) is 87.1 Å². The first-order valence-electron chi connectivity index (χ1n) is 8.22. The molecular weight excluding hydrogens is 347 g/mol. The van der Waals surface area contributed by atoms with Gasteiger partial charge in [0.1, 0.15) is 17.4 Å². The van der Waals surface area contributed by atoms with Crippen LogP contribution in [0.25, 0.3) is 11.3 Å². The van der Waals surface area contributed by atoms with E-state index in [0.717, 1.165) is 17.5 Å². The highest BCUT2D eigenvalue weighted by molar-refractivity contribution is 5.69. The van der Waals surface area contributed by atoms with Gasteiger partial charge in [0.05, 0.1) is 17.5 Å². The maximum Gasteiger partial charge on any atom is 0.219 e. The van der Waals surface area contributed by atoms with E-state index in [0.29, 0.717) is 35.2 Å². The molecule has 0 bridgehead atoms. The first-order valence-corrected chi connectivity index (χ1v) is 8.22. The molecule has 0 spiro atoms. The fourth-order valence-electron chi connectivity index (χ4n) is 2.58. The van der Waals surface area contributed by atoms with Crippen LogP contribution in [0.1, 0.15) is 11.3 Å². The molecule has 4 rings (SSSR count). The quantitative estimate of drug-likeness (QED) is 0.571. The lowest BCUT2D eigenvalue weighted by atomic mass is 10.1. The molecule has 0 fully saturated rings. The zero-order valence-electron chi connectivity index (χ0n) is 14.2. The van der Waals surface area contributed by atoms with Crippen LogP contribution in [-0.2, 0) is 6.42 Å². The largest absolute Gasteiger partial charge is 0.439 e. The number of nitrogens with zero attached hydrogens (tertiary/aromatic N) is 3. The standard InChI is InChI=1S/C20H15FN4O2/c21-14-5-8-19(24-12-14)26-16-6-3-13(4-7-16)10-15-11-18(27-25-15)17-2-1-9-23-20(17)22/h1-9,11-12H,10H2,(H2,22,23). The SMILES string of the molecule is Nc1ncccc1-c1cc(Cc2ccc(Oc3ccc(F)cn3)cc2)no1. The number of pyridine rings is 2. The van der Waals surface area contributed by atoms with Gasteiger partial charge < -0.3 is 15.0 Å². The fourth-order valence-corrected chi connectivity index (χ4v) is 2.58. The summed E-state index contributed by atoms with van der Waals surface area (Å²) < 4.78 is 23.8. The summed E-state index contributed by atoms with van der Waals surface area (Å²) in [6, 6.07) is 15.7. The van der Waals surface area contributed by atoms with Crippen molar-refractivity contribution in [1.29, 1.82) is 0 Å². The van der Waals surface area contributed by atoms with Crippen molar-refractivity contribution in [3.8, 4) is 23.0 Å². The molecule has 2 N–H and O–H groups in total. The molecule has 0 aliphatic carbocycles. The van der Waals surface area contributed by atoms with Gasteiger partial charge in [0.2, 0.25) is 5.88 Å². The molecule has 27 heavy (non-hydrogen) atoms. The number of benzene rings is 1. The van der Waals surface area contributed by atoms with Crippen LogP contribution < -0.4 is 10.5 Å². The monoisotopic (exact) mass is 362 g/mol. The van der Waals surface area contributed by atoms with E-state index >= 15 is 0 Å². The average molecular weight is 362 g/mol. The zero-order valence-corrected chi connectivity index (χ0v) is 14.2. The van der Waals surface area contributed by atoms with Crippen LogP contribution in [0.5, 0.6) is 11.6 Å². The van der Waals surface area contributed by atoms with Gasteiger partial charge in [0.25, 0.3) is 0 Å². The summed E-state index contributed by atoms with van der Waals surface area (Å²) in [6.07, 6.45) is 3.33. The number of nitrogen functional groups attached to an aromatic ring is 1. The molecule has 0 amide bonds. The molecule has 3 heterocycles. The molecule has 1 aromatic carbocycles. The van der Waals surface area contributed by atoms with Gasteiger partial charge in [-0.2, -0.15) is 0 Å². The highest BCUT2D eigenvalue weighted by Crippen LogP contribution is 2.26. The summed E-state index contributed by atoms with van der Waals surface area (Å²) in [4.78, 5) is 7.92.